The molecule has 98 valence electrons. The van der Waals surface area contributed by atoms with Crippen LogP contribution in [0.25, 0.3) is 0 Å². The van der Waals surface area contributed by atoms with Gasteiger partial charge in [0, 0.05) is 38.8 Å². The van der Waals surface area contributed by atoms with Crippen molar-refractivity contribution in [2.24, 2.45) is 0 Å². The summed E-state index contributed by atoms with van der Waals surface area (Å²) in [5.41, 5.74) is -0.407. The molecule has 4 nitrogen and oxygen atoms in total. The minimum absolute atomic E-state index is 0.258. The zero-order chi connectivity index (χ0) is 12.9. The van der Waals surface area contributed by atoms with Gasteiger partial charge in [0.1, 0.15) is 5.60 Å². The van der Waals surface area contributed by atoms with E-state index < -0.39 is 5.60 Å². The van der Waals surface area contributed by atoms with Crippen molar-refractivity contribution in [3.8, 4) is 0 Å². The third-order valence-electron chi connectivity index (χ3n) is 2.62. The molecule has 0 amide bonds. The Morgan fingerprint density at radius 1 is 1.24 bits per heavy atom. The first-order valence-corrected chi connectivity index (χ1v) is 6.17. The predicted octanol–water partition coefficient (Wildman–Crippen LogP) is 1.13. The zero-order valence-corrected chi connectivity index (χ0v) is 11.4. The lowest BCUT2D eigenvalue weighted by Crippen LogP contribution is -2.44. The third kappa shape index (κ3) is 6.44. The fourth-order valence-corrected chi connectivity index (χ4v) is 1.66. The smallest absolute Gasteiger partial charge is 0.330 e. The topological polar surface area (TPSA) is 32.8 Å². The lowest BCUT2D eigenvalue weighted by molar-refractivity contribution is -0.148. The number of nitrogens with zero attached hydrogens (tertiary/aromatic N) is 2. The van der Waals surface area contributed by atoms with Gasteiger partial charge in [0.2, 0.25) is 0 Å². The van der Waals surface area contributed by atoms with Crippen LogP contribution in [0.15, 0.2) is 12.2 Å². The van der Waals surface area contributed by atoms with Gasteiger partial charge < -0.3 is 9.64 Å². The number of likely N-dealkylation sites (N-methyl/N-ethyl adjacent to an activating group) is 1. The van der Waals surface area contributed by atoms with E-state index in [9.17, 15) is 4.79 Å². The Bertz CT molecular complexity index is 274. The third-order valence-corrected chi connectivity index (χ3v) is 2.62. The van der Waals surface area contributed by atoms with Gasteiger partial charge in [-0.1, -0.05) is 6.08 Å². The van der Waals surface area contributed by atoms with Crippen molar-refractivity contribution in [2.75, 3.05) is 39.8 Å². The number of esters is 1. The Kier molecular flexibility index (Phi) is 5.15. The molecule has 0 aromatic heterocycles. The molecule has 1 fully saturated rings. The SMILES string of the molecule is CN1CCN(C/C=C/C(=O)OC(C)(C)C)CC1. The molecular weight excluding hydrogens is 216 g/mol. The van der Waals surface area contributed by atoms with Crippen LogP contribution in [0, 0.1) is 0 Å². The Labute approximate surface area is 104 Å². The highest BCUT2D eigenvalue weighted by Crippen LogP contribution is 2.07. The molecule has 0 N–H and O–H groups in total. The van der Waals surface area contributed by atoms with Crippen LogP contribution in [0.3, 0.4) is 0 Å². The molecule has 0 radical (unpaired) electrons. The summed E-state index contributed by atoms with van der Waals surface area (Å²) < 4.78 is 5.19. The number of rotatable bonds is 3. The number of hydrogen-bond acceptors (Lipinski definition) is 4. The highest BCUT2D eigenvalue weighted by Gasteiger charge is 2.14. The molecule has 0 bridgehead atoms. The van der Waals surface area contributed by atoms with Gasteiger partial charge >= 0.3 is 5.97 Å². The zero-order valence-electron chi connectivity index (χ0n) is 11.4. The first-order valence-electron chi connectivity index (χ1n) is 6.17. The van der Waals surface area contributed by atoms with E-state index in [0.29, 0.717) is 0 Å². The molecule has 1 heterocycles. The van der Waals surface area contributed by atoms with E-state index in [1.54, 1.807) is 0 Å². The van der Waals surface area contributed by atoms with E-state index in [1.165, 1.54) is 6.08 Å². The van der Waals surface area contributed by atoms with E-state index in [1.807, 2.05) is 26.8 Å². The van der Waals surface area contributed by atoms with Crippen LogP contribution in [0.1, 0.15) is 20.8 Å². The minimum atomic E-state index is -0.407. The molecule has 0 unspecified atom stereocenters. The van der Waals surface area contributed by atoms with Gasteiger partial charge in [-0.15, -0.1) is 0 Å². The summed E-state index contributed by atoms with van der Waals surface area (Å²) in [5, 5.41) is 0. The number of carbonyl (C=O) groups is 1. The fraction of sp³-hybridized carbons (Fsp3) is 0.769. The van der Waals surface area contributed by atoms with Crippen LogP contribution in [-0.2, 0) is 9.53 Å². The van der Waals surface area contributed by atoms with E-state index in [4.69, 9.17) is 4.74 Å². The minimum Gasteiger partial charge on any atom is -0.457 e. The van der Waals surface area contributed by atoms with Crippen molar-refractivity contribution >= 4 is 5.97 Å². The molecule has 0 aliphatic carbocycles. The molecule has 1 rings (SSSR count). The van der Waals surface area contributed by atoms with Crippen molar-refractivity contribution in [1.29, 1.82) is 0 Å². The lowest BCUT2D eigenvalue weighted by atomic mass is 10.2. The largest absolute Gasteiger partial charge is 0.457 e. The molecule has 1 aliphatic heterocycles. The fourth-order valence-electron chi connectivity index (χ4n) is 1.66. The second kappa shape index (κ2) is 6.17. The van der Waals surface area contributed by atoms with E-state index in [2.05, 4.69) is 16.8 Å². The maximum atomic E-state index is 11.4. The maximum absolute atomic E-state index is 11.4. The molecule has 4 heteroatoms. The molecule has 17 heavy (non-hydrogen) atoms. The van der Waals surface area contributed by atoms with Crippen LogP contribution in [0.4, 0.5) is 0 Å². The normalized spacial score (nSPS) is 19.8. The van der Waals surface area contributed by atoms with E-state index in [0.717, 1.165) is 32.7 Å². The summed E-state index contributed by atoms with van der Waals surface area (Å²) in [6.07, 6.45) is 3.42. The quantitative estimate of drug-likeness (QED) is 0.547. The lowest BCUT2D eigenvalue weighted by Gasteiger charge is -2.31. The number of ether oxygens (including phenoxy) is 1. The second-order valence-electron chi connectivity index (χ2n) is 5.54. The van der Waals surface area contributed by atoms with E-state index >= 15 is 0 Å². The monoisotopic (exact) mass is 240 g/mol. The van der Waals surface area contributed by atoms with Crippen molar-refractivity contribution in [1.82, 2.24) is 9.80 Å². The van der Waals surface area contributed by atoms with E-state index in [-0.39, 0.29) is 5.97 Å². The molecular formula is C13H24N2O2. The number of hydrogen-bond donors (Lipinski definition) is 0. The molecule has 0 spiro atoms. The van der Waals surface area contributed by atoms with Crippen molar-refractivity contribution in [3.05, 3.63) is 12.2 Å². The van der Waals surface area contributed by atoms with Gasteiger partial charge in [0.25, 0.3) is 0 Å². The first kappa shape index (κ1) is 14.2. The summed E-state index contributed by atoms with van der Waals surface area (Å²) in [5.74, 6) is -0.258. The Balaban J connectivity index is 2.23. The Morgan fingerprint density at radius 2 is 1.82 bits per heavy atom. The van der Waals surface area contributed by atoms with Crippen molar-refractivity contribution in [2.45, 2.75) is 26.4 Å². The Morgan fingerprint density at radius 3 is 2.35 bits per heavy atom. The highest BCUT2D eigenvalue weighted by molar-refractivity contribution is 5.82. The Hall–Kier alpha value is -0.870. The van der Waals surface area contributed by atoms with Gasteiger partial charge in [-0.2, -0.15) is 0 Å². The van der Waals surface area contributed by atoms with Gasteiger partial charge in [-0.05, 0) is 27.8 Å². The molecule has 1 saturated heterocycles. The molecule has 0 saturated carbocycles. The predicted molar refractivity (Wildman–Crippen MR) is 68.9 cm³/mol. The molecule has 0 aromatic rings. The maximum Gasteiger partial charge on any atom is 0.330 e. The molecule has 0 atom stereocenters. The standard InChI is InChI=1S/C13H24N2O2/c1-13(2,3)17-12(16)6-5-7-15-10-8-14(4)9-11-15/h5-6H,7-11H2,1-4H3/b6-5+. The van der Waals surface area contributed by atoms with Crippen molar-refractivity contribution < 1.29 is 9.53 Å². The van der Waals surface area contributed by atoms with Gasteiger partial charge in [0.05, 0.1) is 0 Å². The van der Waals surface area contributed by atoms with Crippen molar-refractivity contribution in [3.63, 3.8) is 0 Å². The summed E-state index contributed by atoms with van der Waals surface area (Å²) in [6.45, 7) is 10.8. The first-order chi connectivity index (χ1) is 7.87. The average molecular weight is 240 g/mol. The number of piperazine rings is 1. The van der Waals surface area contributed by atoms with Crippen LogP contribution in [0.2, 0.25) is 0 Å². The van der Waals surface area contributed by atoms with Gasteiger partial charge in [-0.25, -0.2) is 4.79 Å². The van der Waals surface area contributed by atoms with Gasteiger partial charge in [-0.3, -0.25) is 4.90 Å². The van der Waals surface area contributed by atoms with Crippen LogP contribution >= 0.6 is 0 Å². The summed E-state index contributed by atoms with van der Waals surface area (Å²) in [6, 6.07) is 0. The molecule has 1 aliphatic rings. The van der Waals surface area contributed by atoms with Crippen LogP contribution in [-0.4, -0.2) is 61.1 Å². The highest BCUT2D eigenvalue weighted by atomic mass is 16.6. The summed E-state index contributed by atoms with van der Waals surface area (Å²) in [4.78, 5) is 16.1. The number of carbonyl (C=O) groups excluding carboxylic acids is 1. The summed E-state index contributed by atoms with van der Waals surface area (Å²) >= 11 is 0. The second-order valence-corrected chi connectivity index (χ2v) is 5.54. The van der Waals surface area contributed by atoms with Gasteiger partial charge in [0.15, 0.2) is 0 Å². The molecule has 0 aromatic carbocycles. The summed E-state index contributed by atoms with van der Waals surface area (Å²) in [7, 11) is 2.13. The average Bonchev–Trinajstić information content (AvgIpc) is 2.18. The van der Waals surface area contributed by atoms with Crippen LogP contribution in [0.5, 0.6) is 0 Å². The van der Waals surface area contributed by atoms with Crippen LogP contribution < -0.4 is 0 Å².